The van der Waals surface area contributed by atoms with Crippen molar-refractivity contribution in [1.82, 2.24) is 0 Å². The summed E-state index contributed by atoms with van der Waals surface area (Å²) >= 11 is 1.46. The first-order valence-corrected chi connectivity index (χ1v) is 11.1. The maximum atomic E-state index is 13.8. The molecule has 2 aliphatic heterocycles. The molecule has 6 heteroatoms. The molecule has 0 fully saturated rings. The summed E-state index contributed by atoms with van der Waals surface area (Å²) in [5.41, 5.74) is 3.92. The lowest BCUT2D eigenvalue weighted by molar-refractivity contribution is -0.444. The van der Waals surface area contributed by atoms with Crippen molar-refractivity contribution >= 4 is 35.1 Å². The van der Waals surface area contributed by atoms with Gasteiger partial charge in [-0.1, -0.05) is 43.3 Å². The molecule has 0 bridgehead atoms. The number of carbonyl (C=O) groups is 2. The summed E-state index contributed by atoms with van der Waals surface area (Å²) in [6.07, 6.45) is 0.875. The highest BCUT2D eigenvalue weighted by atomic mass is 32.2. The maximum absolute atomic E-state index is 13.8. The summed E-state index contributed by atoms with van der Waals surface area (Å²) in [6, 6.07) is 21.0. The van der Waals surface area contributed by atoms with Gasteiger partial charge < -0.3 is 0 Å². The van der Waals surface area contributed by atoms with Gasteiger partial charge in [0, 0.05) is 10.5 Å². The van der Waals surface area contributed by atoms with Crippen LogP contribution in [-0.2, 0) is 17.8 Å². The molecule has 1 unspecified atom stereocenters. The van der Waals surface area contributed by atoms with Crippen molar-refractivity contribution in [1.29, 1.82) is 0 Å². The van der Waals surface area contributed by atoms with E-state index in [-0.39, 0.29) is 18.3 Å². The number of anilines is 1. The van der Waals surface area contributed by atoms with Gasteiger partial charge >= 0.3 is 11.9 Å². The van der Waals surface area contributed by atoms with Crippen LogP contribution in [0, 0.1) is 5.82 Å². The number of carbonyl (C=O) groups excluding carboxylic acids is 2. The quantitative estimate of drug-likeness (QED) is 0.544. The summed E-state index contributed by atoms with van der Waals surface area (Å²) in [4.78, 5) is 29.3. The molecule has 0 N–H and O–H groups in total. The molecule has 4 nitrogen and oxygen atoms in total. The van der Waals surface area contributed by atoms with E-state index in [1.165, 1.54) is 28.8 Å². The molecule has 2 heterocycles. The van der Waals surface area contributed by atoms with Crippen LogP contribution in [0.25, 0.3) is 0 Å². The molecule has 0 saturated heterocycles. The van der Waals surface area contributed by atoms with Gasteiger partial charge in [-0.15, -0.1) is 16.7 Å². The molecule has 1 atom stereocenters. The van der Waals surface area contributed by atoms with Crippen LogP contribution in [0.15, 0.2) is 77.7 Å². The van der Waals surface area contributed by atoms with Crippen molar-refractivity contribution in [2.24, 2.45) is 0 Å². The lowest BCUT2D eigenvalue weighted by Crippen LogP contribution is -2.55. The molecule has 0 aliphatic carbocycles. The minimum atomic E-state index is -0.519. The molecule has 0 saturated carbocycles. The Morgan fingerprint density at radius 3 is 2.48 bits per heavy atom. The molecule has 0 radical (unpaired) electrons. The number of hydrogen-bond acceptors (Lipinski definition) is 3. The number of benzene rings is 3. The minimum absolute atomic E-state index is 0.189. The Morgan fingerprint density at radius 2 is 1.74 bits per heavy atom. The van der Waals surface area contributed by atoms with Gasteiger partial charge in [-0.3, -0.25) is 0 Å². The third-order valence-electron chi connectivity index (χ3n) is 5.65. The van der Waals surface area contributed by atoms with Gasteiger partial charge in [-0.25, -0.2) is 9.18 Å². The van der Waals surface area contributed by atoms with Crippen LogP contribution in [0.1, 0.15) is 23.6 Å². The lowest BCUT2D eigenvalue weighted by Gasteiger charge is -2.24. The van der Waals surface area contributed by atoms with E-state index in [0.29, 0.717) is 17.0 Å². The number of hydrogen-bond donors (Lipinski definition) is 0. The van der Waals surface area contributed by atoms with Gasteiger partial charge in [0.05, 0.1) is 0 Å². The number of urea groups is 1. The number of aryl methyl sites for hydroxylation is 1. The average molecular weight is 432 g/mol. The molecule has 3 aromatic rings. The number of nitrogens with zero attached hydrogens (tertiary/aromatic N) is 2. The van der Waals surface area contributed by atoms with Crippen LogP contribution >= 0.6 is 11.8 Å². The smallest absolute Gasteiger partial charge is 0.244 e. The predicted molar refractivity (Wildman–Crippen MR) is 119 cm³/mol. The first-order valence-electron chi connectivity index (χ1n) is 10.2. The van der Waals surface area contributed by atoms with Crippen molar-refractivity contribution < 1.29 is 18.6 Å². The summed E-state index contributed by atoms with van der Waals surface area (Å²) in [5, 5.41) is -0.519. The van der Waals surface area contributed by atoms with Crippen LogP contribution < -0.4 is 4.90 Å². The second kappa shape index (κ2) is 7.78. The Morgan fingerprint density at radius 1 is 0.968 bits per heavy atom. The summed E-state index contributed by atoms with van der Waals surface area (Å²) in [5.74, 6) is -0.603. The second-order valence-corrected chi connectivity index (χ2v) is 8.72. The first-order chi connectivity index (χ1) is 15.1. The van der Waals surface area contributed by atoms with Crippen molar-refractivity contribution in [3.05, 3.63) is 95.3 Å². The number of fused-ring (bicyclic) bond motifs is 3. The molecular weight excluding hydrogens is 411 g/mol. The SMILES string of the molecule is CCc1ccc(N2C(=O)C3Sc4ccccc4C3=[N+](Cc3cccc(F)c3)C2=O)cc1. The fraction of sp³-hybridized carbons (Fsp3) is 0.160. The molecule has 5 rings (SSSR count). The number of imide groups is 1. The number of rotatable bonds is 4. The highest BCUT2D eigenvalue weighted by Gasteiger charge is 2.53. The van der Waals surface area contributed by atoms with E-state index in [0.717, 1.165) is 22.4 Å². The van der Waals surface area contributed by atoms with E-state index in [9.17, 15) is 14.0 Å². The molecule has 154 valence electrons. The van der Waals surface area contributed by atoms with E-state index in [4.69, 9.17) is 0 Å². The molecule has 31 heavy (non-hydrogen) atoms. The summed E-state index contributed by atoms with van der Waals surface area (Å²) < 4.78 is 15.4. The van der Waals surface area contributed by atoms with E-state index < -0.39 is 11.3 Å². The highest BCUT2D eigenvalue weighted by Crippen LogP contribution is 2.41. The van der Waals surface area contributed by atoms with Gasteiger partial charge in [0.25, 0.3) is 0 Å². The molecule has 0 aromatic heterocycles. The van der Waals surface area contributed by atoms with Crippen LogP contribution in [-0.4, -0.2) is 27.5 Å². The lowest BCUT2D eigenvalue weighted by atomic mass is 10.0. The third kappa shape index (κ3) is 3.37. The first kappa shape index (κ1) is 19.7. The maximum Gasteiger partial charge on any atom is 0.506 e. The van der Waals surface area contributed by atoms with Gasteiger partial charge in [-0.05, 0) is 53.9 Å². The zero-order chi connectivity index (χ0) is 21.5. The predicted octanol–water partition coefficient (Wildman–Crippen LogP) is 5.03. The fourth-order valence-corrected chi connectivity index (χ4v) is 5.37. The number of amides is 3. The Bertz CT molecular complexity index is 1240. The van der Waals surface area contributed by atoms with Gasteiger partial charge in [0.2, 0.25) is 0 Å². The van der Waals surface area contributed by atoms with Crippen LogP contribution in [0.2, 0.25) is 0 Å². The Hall–Kier alpha value is -3.25. The monoisotopic (exact) mass is 431 g/mol. The minimum Gasteiger partial charge on any atom is -0.244 e. The van der Waals surface area contributed by atoms with E-state index in [1.807, 2.05) is 48.5 Å². The van der Waals surface area contributed by atoms with E-state index in [2.05, 4.69) is 6.92 Å². The second-order valence-electron chi connectivity index (χ2n) is 7.57. The Labute approximate surface area is 184 Å². The average Bonchev–Trinajstić information content (AvgIpc) is 3.17. The molecule has 3 amide bonds. The standard InChI is InChI=1S/C25H20FN2O2S/c1-2-16-10-12-19(13-11-16)28-24(29)23-22(20-8-3-4-9-21(20)31-23)27(25(28)30)15-17-6-5-7-18(26)14-17/h3-14,23H,2,15H2,1H3/q+1. The van der Waals surface area contributed by atoms with Crippen LogP contribution in [0.4, 0.5) is 14.9 Å². The Kier molecular flexibility index (Phi) is 4.94. The van der Waals surface area contributed by atoms with Gasteiger partial charge in [-0.2, -0.15) is 9.37 Å². The normalized spacial score (nSPS) is 17.7. The van der Waals surface area contributed by atoms with Crippen LogP contribution in [0.3, 0.4) is 0 Å². The van der Waals surface area contributed by atoms with Gasteiger partial charge in [0.1, 0.15) is 23.8 Å². The van der Waals surface area contributed by atoms with Crippen LogP contribution in [0.5, 0.6) is 0 Å². The largest absolute Gasteiger partial charge is 0.506 e. The molecule has 3 aromatic carbocycles. The number of thioether (sulfide) groups is 1. The highest BCUT2D eigenvalue weighted by molar-refractivity contribution is 8.02. The Balaban J connectivity index is 1.65. The molecule has 0 spiro atoms. The van der Waals surface area contributed by atoms with E-state index >= 15 is 0 Å². The fourth-order valence-electron chi connectivity index (χ4n) is 4.08. The van der Waals surface area contributed by atoms with Crippen molar-refractivity contribution in [3.63, 3.8) is 0 Å². The topological polar surface area (TPSA) is 40.4 Å². The van der Waals surface area contributed by atoms with E-state index in [1.54, 1.807) is 16.7 Å². The summed E-state index contributed by atoms with van der Waals surface area (Å²) in [7, 11) is 0. The van der Waals surface area contributed by atoms with Crippen molar-refractivity contribution in [2.75, 3.05) is 4.90 Å². The third-order valence-corrected chi connectivity index (χ3v) is 6.92. The number of halogens is 1. The van der Waals surface area contributed by atoms with Crippen molar-refractivity contribution in [3.8, 4) is 0 Å². The van der Waals surface area contributed by atoms with Crippen molar-refractivity contribution in [2.45, 2.75) is 30.0 Å². The molecular formula is C25H20FN2O2S+. The zero-order valence-corrected chi connectivity index (χ0v) is 17.7. The zero-order valence-electron chi connectivity index (χ0n) is 16.9. The van der Waals surface area contributed by atoms with Gasteiger partial charge in [0.15, 0.2) is 5.25 Å². The molecule has 2 aliphatic rings. The summed E-state index contributed by atoms with van der Waals surface area (Å²) in [6.45, 7) is 2.24.